The SMILES string of the molecule is CC(NC(=O)CNC(=O)C1CCCN1C(=O)C(N)CCC(=O)O)C(=O)O. The molecule has 3 unspecified atom stereocenters. The molecule has 0 saturated carbocycles. The van der Waals surface area contributed by atoms with Gasteiger partial charge in [-0.05, 0) is 26.2 Å². The summed E-state index contributed by atoms with van der Waals surface area (Å²) >= 11 is 0. The molecule has 146 valence electrons. The van der Waals surface area contributed by atoms with Gasteiger partial charge >= 0.3 is 11.9 Å². The molecule has 1 aliphatic heterocycles. The zero-order valence-corrected chi connectivity index (χ0v) is 14.4. The zero-order chi connectivity index (χ0) is 19.9. The molecule has 3 atom stereocenters. The van der Waals surface area contributed by atoms with Gasteiger partial charge in [-0.25, -0.2) is 0 Å². The van der Waals surface area contributed by atoms with Gasteiger partial charge in [0.25, 0.3) is 0 Å². The van der Waals surface area contributed by atoms with E-state index in [1.807, 2.05) is 0 Å². The van der Waals surface area contributed by atoms with Crippen LogP contribution in [-0.4, -0.2) is 76.0 Å². The Bertz CT molecular complexity index is 580. The summed E-state index contributed by atoms with van der Waals surface area (Å²) in [5.74, 6) is -3.98. The predicted molar refractivity (Wildman–Crippen MR) is 87.8 cm³/mol. The summed E-state index contributed by atoms with van der Waals surface area (Å²) in [7, 11) is 0. The van der Waals surface area contributed by atoms with Crippen molar-refractivity contribution in [1.82, 2.24) is 15.5 Å². The van der Waals surface area contributed by atoms with Gasteiger partial charge in [0.15, 0.2) is 0 Å². The van der Waals surface area contributed by atoms with Gasteiger partial charge in [0, 0.05) is 13.0 Å². The van der Waals surface area contributed by atoms with Crippen LogP contribution in [0.1, 0.15) is 32.6 Å². The molecule has 1 fully saturated rings. The Hall–Kier alpha value is -2.69. The summed E-state index contributed by atoms with van der Waals surface area (Å²) < 4.78 is 0. The van der Waals surface area contributed by atoms with Crippen LogP contribution in [0.15, 0.2) is 0 Å². The lowest BCUT2D eigenvalue weighted by atomic mass is 10.1. The van der Waals surface area contributed by atoms with Gasteiger partial charge in [-0.15, -0.1) is 0 Å². The summed E-state index contributed by atoms with van der Waals surface area (Å²) in [5, 5.41) is 21.9. The van der Waals surface area contributed by atoms with Crippen molar-refractivity contribution in [2.75, 3.05) is 13.1 Å². The average Bonchev–Trinajstić information content (AvgIpc) is 3.06. The Balaban J connectivity index is 2.54. The zero-order valence-electron chi connectivity index (χ0n) is 14.4. The molecule has 26 heavy (non-hydrogen) atoms. The van der Waals surface area contributed by atoms with Crippen molar-refractivity contribution >= 4 is 29.7 Å². The van der Waals surface area contributed by atoms with Crippen molar-refractivity contribution in [2.45, 2.75) is 50.7 Å². The molecule has 1 rings (SSSR count). The first-order valence-electron chi connectivity index (χ1n) is 8.21. The van der Waals surface area contributed by atoms with Crippen LogP contribution in [-0.2, 0) is 24.0 Å². The summed E-state index contributed by atoms with van der Waals surface area (Å²) in [4.78, 5) is 58.7. The third kappa shape index (κ3) is 6.31. The highest BCUT2D eigenvalue weighted by Gasteiger charge is 2.36. The van der Waals surface area contributed by atoms with Gasteiger partial charge in [-0.3, -0.25) is 24.0 Å². The Morgan fingerprint density at radius 2 is 1.88 bits per heavy atom. The quantitative estimate of drug-likeness (QED) is 0.304. The first kappa shape index (κ1) is 21.4. The highest BCUT2D eigenvalue weighted by Crippen LogP contribution is 2.19. The minimum absolute atomic E-state index is 0.0332. The van der Waals surface area contributed by atoms with E-state index >= 15 is 0 Å². The Labute approximate surface area is 149 Å². The number of carboxylic acid groups (broad SMARTS) is 2. The first-order valence-corrected chi connectivity index (χ1v) is 8.21. The van der Waals surface area contributed by atoms with Crippen LogP contribution in [0.3, 0.4) is 0 Å². The van der Waals surface area contributed by atoms with Gasteiger partial charge < -0.3 is 31.5 Å². The fourth-order valence-corrected chi connectivity index (χ4v) is 2.56. The van der Waals surface area contributed by atoms with Crippen molar-refractivity contribution in [3.63, 3.8) is 0 Å². The van der Waals surface area contributed by atoms with E-state index in [-0.39, 0.29) is 12.8 Å². The smallest absolute Gasteiger partial charge is 0.325 e. The number of hydrogen-bond acceptors (Lipinski definition) is 6. The van der Waals surface area contributed by atoms with E-state index in [1.165, 1.54) is 11.8 Å². The molecule has 0 aromatic rings. The van der Waals surface area contributed by atoms with Gasteiger partial charge in [-0.1, -0.05) is 0 Å². The van der Waals surface area contributed by atoms with Crippen LogP contribution in [0, 0.1) is 0 Å². The molecule has 6 N–H and O–H groups in total. The number of hydrogen-bond donors (Lipinski definition) is 5. The standard InChI is InChI=1S/C15H24N4O7/c1-8(15(25)26)18-11(20)7-17-13(23)10-3-2-6-19(10)14(24)9(16)4-5-12(21)22/h8-10H,2-7,16H2,1H3,(H,17,23)(H,18,20)(H,21,22)(H,25,26). The molecule has 3 amide bonds. The van der Waals surface area contributed by atoms with Crippen LogP contribution >= 0.6 is 0 Å². The van der Waals surface area contributed by atoms with Gasteiger partial charge in [-0.2, -0.15) is 0 Å². The highest BCUT2D eigenvalue weighted by atomic mass is 16.4. The maximum Gasteiger partial charge on any atom is 0.325 e. The molecule has 1 heterocycles. The van der Waals surface area contributed by atoms with Crippen molar-refractivity contribution in [3.8, 4) is 0 Å². The van der Waals surface area contributed by atoms with Crippen LogP contribution in [0.25, 0.3) is 0 Å². The first-order chi connectivity index (χ1) is 12.1. The fraction of sp³-hybridized carbons (Fsp3) is 0.667. The summed E-state index contributed by atoms with van der Waals surface area (Å²) in [6.45, 7) is 1.19. The lowest BCUT2D eigenvalue weighted by Gasteiger charge is -2.26. The maximum absolute atomic E-state index is 12.3. The molecular weight excluding hydrogens is 348 g/mol. The molecule has 0 aromatic heterocycles. The lowest BCUT2D eigenvalue weighted by Crippen LogP contribution is -2.52. The normalized spacial score (nSPS) is 18.7. The van der Waals surface area contributed by atoms with E-state index < -0.39 is 54.3 Å². The molecule has 0 aliphatic carbocycles. The Morgan fingerprint density at radius 3 is 2.46 bits per heavy atom. The van der Waals surface area contributed by atoms with Crippen LogP contribution in [0.2, 0.25) is 0 Å². The van der Waals surface area contributed by atoms with E-state index in [0.29, 0.717) is 19.4 Å². The summed E-state index contributed by atoms with van der Waals surface area (Å²) in [6, 6.07) is -2.89. The van der Waals surface area contributed by atoms with Gasteiger partial charge in [0.1, 0.15) is 12.1 Å². The highest BCUT2D eigenvalue weighted by molar-refractivity contribution is 5.93. The second-order valence-electron chi connectivity index (χ2n) is 6.07. The predicted octanol–water partition coefficient (Wildman–Crippen LogP) is -2.12. The van der Waals surface area contributed by atoms with Crippen molar-refractivity contribution in [1.29, 1.82) is 0 Å². The summed E-state index contributed by atoms with van der Waals surface area (Å²) in [5.41, 5.74) is 5.71. The minimum atomic E-state index is -1.20. The summed E-state index contributed by atoms with van der Waals surface area (Å²) in [6.07, 6.45) is 0.697. The van der Waals surface area contributed by atoms with Gasteiger partial charge in [0.05, 0.1) is 12.6 Å². The molecule has 0 aromatic carbocycles. The average molecular weight is 372 g/mol. The number of amides is 3. The van der Waals surface area contributed by atoms with Gasteiger partial charge in [0.2, 0.25) is 17.7 Å². The van der Waals surface area contributed by atoms with Crippen molar-refractivity contribution < 1.29 is 34.2 Å². The molecule has 0 spiro atoms. The number of nitrogens with one attached hydrogen (secondary N) is 2. The second-order valence-corrected chi connectivity index (χ2v) is 6.07. The van der Waals surface area contributed by atoms with E-state index in [9.17, 15) is 24.0 Å². The third-order valence-electron chi connectivity index (χ3n) is 4.00. The largest absolute Gasteiger partial charge is 0.481 e. The number of nitrogens with zero attached hydrogens (tertiary/aromatic N) is 1. The lowest BCUT2D eigenvalue weighted by molar-refractivity contribution is -0.142. The number of likely N-dealkylation sites (tertiary alicyclic amines) is 1. The minimum Gasteiger partial charge on any atom is -0.481 e. The van der Waals surface area contributed by atoms with Crippen molar-refractivity contribution in [3.05, 3.63) is 0 Å². The number of nitrogens with two attached hydrogens (primary N) is 1. The molecule has 0 radical (unpaired) electrons. The fourth-order valence-electron chi connectivity index (χ4n) is 2.56. The van der Waals surface area contributed by atoms with Crippen LogP contribution in [0.4, 0.5) is 0 Å². The maximum atomic E-state index is 12.3. The molecule has 11 heteroatoms. The molecule has 1 aliphatic rings. The Morgan fingerprint density at radius 1 is 1.23 bits per heavy atom. The number of aliphatic carboxylic acids is 2. The van der Waals surface area contributed by atoms with E-state index in [0.717, 1.165) is 0 Å². The molecule has 0 bridgehead atoms. The Kier molecular flexibility index (Phi) is 7.97. The second kappa shape index (κ2) is 9.70. The number of carbonyl (C=O) groups is 5. The number of rotatable bonds is 9. The van der Waals surface area contributed by atoms with Crippen LogP contribution in [0.5, 0.6) is 0 Å². The monoisotopic (exact) mass is 372 g/mol. The molecule has 11 nitrogen and oxygen atoms in total. The van der Waals surface area contributed by atoms with E-state index in [2.05, 4.69) is 10.6 Å². The molecular formula is C15H24N4O7. The number of carboxylic acids is 2. The number of carbonyl (C=O) groups excluding carboxylic acids is 3. The topological polar surface area (TPSA) is 179 Å². The van der Waals surface area contributed by atoms with E-state index in [4.69, 9.17) is 15.9 Å². The van der Waals surface area contributed by atoms with Crippen LogP contribution < -0.4 is 16.4 Å². The van der Waals surface area contributed by atoms with E-state index in [1.54, 1.807) is 0 Å². The molecule has 1 saturated heterocycles. The third-order valence-corrected chi connectivity index (χ3v) is 4.00. The van der Waals surface area contributed by atoms with Crippen molar-refractivity contribution in [2.24, 2.45) is 5.73 Å².